The largest absolute Gasteiger partial charge is 0.337 e. The third-order valence-electron chi connectivity index (χ3n) is 5.36. The van der Waals surface area contributed by atoms with Crippen LogP contribution in [0.15, 0.2) is 0 Å². The van der Waals surface area contributed by atoms with Crippen molar-refractivity contribution in [2.45, 2.75) is 49.8 Å². The SMILES string of the molecule is O=C(NCC1CCCS1(=O)=O)NC1CCCN(C(=O)N2CCCC2)C1. The summed E-state index contributed by atoms with van der Waals surface area (Å²) < 4.78 is 23.6. The molecule has 3 aliphatic rings. The van der Waals surface area contributed by atoms with Gasteiger partial charge in [0.1, 0.15) is 0 Å². The number of sulfone groups is 1. The lowest BCUT2D eigenvalue weighted by Crippen LogP contribution is -2.54. The van der Waals surface area contributed by atoms with Crippen LogP contribution in [0.3, 0.4) is 0 Å². The molecule has 9 heteroatoms. The average Bonchev–Trinajstić information content (AvgIpc) is 3.22. The lowest BCUT2D eigenvalue weighted by molar-refractivity contribution is 0.142. The summed E-state index contributed by atoms with van der Waals surface area (Å²) in [4.78, 5) is 28.2. The maximum absolute atomic E-state index is 12.5. The van der Waals surface area contributed by atoms with E-state index in [4.69, 9.17) is 0 Å². The molecule has 3 fully saturated rings. The van der Waals surface area contributed by atoms with Gasteiger partial charge >= 0.3 is 12.1 Å². The van der Waals surface area contributed by atoms with Crippen LogP contribution >= 0.6 is 0 Å². The fraction of sp³-hybridized carbons (Fsp3) is 0.875. The second-order valence-electron chi connectivity index (χ2n) is 7.25. The second-order valence-corrected chi connectivity index (χ2v) is 9.65. The van der Waals surface area contributed by atoms with E-state index in [-0.39, 0.29) is 30.4 Å². The first-order chi connectivity index (χ1) is 12.0. The molecule has 3 saturated heterocycles. The highest BCUT2D eigenvalue weighted by Crippen LogP contribution is 2.19. The van der Waals surface area contributed by atoms with Crippen LogP contribution in [0.5, 0.6) is 0 Å². The van der Waals surface area contributed by atoms with E-state index in [0.29, 0.717) is 19.4 Å². The zero-order valence-electron chi connectivity index (χ0n) is 14.6. The third kappa shape index (κ3) is 4.56. The number of urea groups is 2. The minimum atomic E-state index is -3.05. The van der Waals surface area contributed by atoms with Crippen molar-refractivity contribution in [3.8, 4) is 0 Å². The number of hydrogen-bond donors (Lipinski definition) is 2. The van der Waals surface area contributed by atoms with Crippen molar-refractivity contribution in [3.05, 3.63) is 0 Å². The van der Waals surface area contributed by atoms with Crippen LogP contribution in [0.25, 0.3) is 0 Å². The Labute approximate surface area is 149 Å². The topological polar surface area (TPSA) is 98.8 Å². The Bertz CT molecular complexity index is 603. The lowest BCUT2D eigenvalue weighted by atomic mass is 10.1. The van der Waals surface area contributed by atoms with E-state index >= 15 is 0 Å². The predicted octanol–water partition coefficient (Wildman–Crippen LogP) is 0.543. The van der Waals surface area contributed by atoms with E-state index in [2.05, 4.69) is 10.6 Å². The molecular formula is C16H28N4O4S. The molecule has 2 unspecified atom stereocenters. The van der Waals surface area contributed by atoms with Gasteiger partial charge in [-0.25, -0.2) is 18.0 Å². The second kappa shape index (κ2) is 7.80. The first-order valence-corrected chi connectivity index (χ1v) is 11.0. The van der Waals surface area contributed by atoms with Crippen molar-refractivity contribution in [2.75, 3.05) is 38.5 Å². The number of likely N-dealkylation sites (tertiary alicyclic amines) is 2. The van der Waals surface area contributed by atoms with E-state index < -0.39 is 15.1 Å². The van der Waals surface area contributed by atoms with Crippen LogP contribution in [-0.2, 0) is 9.84 Å². The smallest absolute Gasteiger partial charge is 0.320 e. The van der Waals surface area contributed by atoms with E-state index in [1.54, 1.807) is 0 Å². The molecule has 2 atom stereocenters. The minimum Gasteiger partial charge on any atom is -0.337 e. The Morgan fingerprint density at radius 1 is 0.960 bits per heavy atom. The summed E-state index contributed by atoms with van der Waals surface area (Å²) in [6.45, 7) is 3.06. The molecule has 0 aromatic rings. The van der Waals surface area contributed by atoms with Gasteiger partial charge in [-0.3, -0.25) is 0 Å². The van der Waals surface area contributed by atoms with Gasteiger partial charge in [0.05, 0.1) is 11.0 Å². The van der Waals surface area contributed by atoms with Gasteiger partial charge in [-0.15, -0.1) is 0 Å². The number of piperidine rings is 1. The molecule has 0 aromatic heterocycles. The van der Waals surface area contributed by atoms with Gasteiger partial charge < -0.3 is 20.4 Å². The molecule has 4 amide bonds. The summed E-state index contributed by atoms with van der Waals surface area (Å²) in [7, 11) is -3.05. The van der Waals surface area contributed by atoms with Crippen molar-refractivity contribution in [3.63, 3.8) is 0 Å². The normalized spacial score (nSPS) is 28.8. The predicted molar refractivity (Wildman–Crippen MR) is 94.1 cm³/mol. The minimum absolute atomic E-state index is 0.0708. The summed E-state index contributed by atoms with van der Waals surface area (Å²) in [6, 6.07) is -0.357. The van der Waals surface area contributed by atoms with Crippen LogP contribution in [-0.4, -0.2) is 80.0 Å². The quantitative estimate of drug-likeness (QED) is 0.755. The molecule has 3 rings (SSSR count). The number of carbonyl (C=O) groups excluding carboxylic acids is 2. The molecule has 3 heterocycles. The Morgan fingerprint density at radius 3 is 2.36 bits per heavy atom. The van der Waals surface area contributed by atoms with Crippen LogP contribution < -0.4 is 10.6 Å². The number of nitrogens with one attached hydrogen (secondary N) is 2. The fourth-order valence-electron chi connectivity index (χ4n) is 3.91. The molecule has 0 bridgehead atoms. The van der Waals surface area contributed by atoms with Gasteiger partial charge in [0.15, 0.2) is 9.84 Å². The van der Waals surface area contributed by atoms with E-state index in [0.717, 1.165) is 45.3 Å². The molecule has 0 aliphatic carbocycles. The molecule has 0 radical (unpaired) electrons. The molecule has 0 saturated carbocycles. The Kier molecular flexibility index (Phi) is 5.71. The van der Waals surface area contributed by atoms with E-state index in [1.165, 1.54) is 0 Å². The molecule has 3 aliphatic heterocycles. The highest BCUT2D eigenvalue weighted by atomic mass is 32.2. The molecule has 0 aromatic carbocycles. The zero-order chi connectivity index (χ0) is 17.9. The van der Waals surface area contributed by atoms with Gasteiger partial charge in [0.25, 0.3) is 0 Å². The highest BCUT2D eigenvalue weighted by Gasteiger charge is 2.32. The van der Waals surface area contributed by atoms with Crippen LogP contribution in [0, 0.1) is 0 Å². The number of rotatable bonds is 3. The molecule has 25 heavy (non-hydrogen) atoms. The maximum Gasteiger partial charge on any atom is 0.320 e. The van der Waals surface area contributed by atoms with Crippen molar-refractivity contribution < 1.29 is 18.0 Å². The number of hydrogen-bond acceptors (Lipinski definition) is 4. The summed E-state index contributed by atoms with van der Waals surface area (Å²) >= 11 is 0. The van der Waals surface area contributed by atoms with Crippen LogP contribution in [0.4, 0.5) is 9.59 Å². The Morgan fingerprint density at radius 2 is 1.68 bits per heavy atom. The van der Waals surface area contributed by atoms with Crippen molar-refractivity contribution in [1.29, 1.82) is 0 Å². The Balaban J connectivity index is 1.44. The molecule has 0 spiro atoms. The molecular weight excluding hydrogens is 344 g/mol. The molecule has 142 valence electrons. The zero-order valence-corrected chi connectivity index (χ0v) is 15.4. The van der Waals surface area contributed by atoms with Crippen LogP contribution in [0.2, 0.25) is 0 Å². The first-order valence-electron chi connectivity index (χ1n) is 9.25. The van der Waals surface area contributed by atoms with Gasteiger partial charge in [0.2, 0.25) is 0 Å². The number of carbonyl (C=O) groups is 2. The van der Waals surface area contributed by atoms with Crippen molar-refractivity contribution in [1.82, 2.24) is 20.4 Å². The summed E-state index contributed by atoms with van der Waals surface area (Å²) in [6.07, 6.45) is 5.11. The lowest BCUT2D eigenvalue weighted by Gasteiger charge is -2.35. The molecule has 2 N–H and O–H groups in total. The van der Waals surface area contributed by atoms with Gasteiger partial charge in [-0.1, -0.05) is 0 Å². The van der Waals surface area contributed by atoms with Gasteiger partial charge in [-0.05, 0) is 38.5 Å². The number of amides is 4. The summed E-state index contributed by atoms with van der Waals surface area (Å²) in [5.41, 5.74) is 0. The standard InChI is InChI=1S/C16H28N4O4S/c21-15(17-11-14-6-4-10-25(14,23)24)18-13-5-3-9-20(12-13)16(22)19-7-1-2-8-19/h13-14H,1-12H2,(H2,17,18,21). The average molecular weight is 372 g/mol. The first kappa shape index (κ1) is 18.3. The Hall–Kier alpha value is -1.51. The van der Waals surface area contributed by atoms with E-state index in [9.17, 15) is 18.0 Å². The summed E-state index contributed by atoms with van der Waals surface area (Å²) in [5.74, 6) is 0.219. The monoisotopic (exact) mass is 372 g/mol. The maximum atomic E-state index is 12.5. The van der Waals surface area contributed by atoms with Gasteiger partial charge in [0, 0.05) is 38.8 Å². The third-order valence-corrected chi connectivity index (χ3v) is 7.63. The molecule has 8 nitrogen and oxygen atoms in total. The highest BCUT2D eigenvalue weighted by molar-refractivity contribution is 7.92. The van der Waals surface area contributed by atoms with E-state index in [1.807, 2.05) is 9.80 Å². The number of nitrogens with zero attached hydrogens (tertiary/aromatic N) is 2. The fourth-order valence-corrected chi connectivity index (χ4v) is 5.67. The van der Waals surface area contributed by atoms with Gasteiger partial charge in [-0.2, -0.15) is 0 Å². The summed E-state index contributed by atoms with van der Waals surface area (Å²) in [5, 5.41) is 5.11. The van der Waals surface area contributed by atoms with Crippen molar-refractivity contribution in [2.24, 2.45) is 0 Å². The van der Waals surface area contributed by atoms with Crippen molar-refractivity contribution >= 4 is 21.9 Å². The van der Waals surface area contributed by atoms with Crippen LogP contribution in [0.1, 0.15) is 38.5 Å².